The molecule has 0 aliphatic heterocycles. The quantitative estimate of drug-likeness (QED) is 0.783. The van der Waals surface area contributed by atoms with Gasteiger partial charge in [0, 0.05) is 13.1 Å². The van der Waals surface area contributed by atoms with Crippen molar-refractivity contribution in [2.75, 3.05) is 38.6 Å². The van der Waals surface area contributed by atoms with Crippen LogP contribution in [0.15, 0.2) is 6.33 Å². The summed E-state index contributed by atoms with van der Waals surface area (Å²) in [5, 5.41) is 8.91. The van der Waals surface area contributed by atoms with Crippen LogP contribution in [-0.2, 0) is 11.2 Å². The van der Waals surface area contributed by atoms with Gasteiger partial charge < -0.3 is 14.9 Å². The highest BCUT2D eigenvalue weighted by Crippen LogP contribution is 2.17. The number of aryl methyl sites for hydroxylation is 1. The van der Waals surface area contributed by atoms with Gasteiger partial charge in [0.05, 0.1) is 5.69 Å². The monoisotopic (exact) mass is 270 g/mol. The largest absolute Gasteiger partial charge is 0.480 e. The second-order valence-corrected chi connectivity index (χ2v) is 4.43. The summed E-state index contributed by atoms with van der Waals surface area (Å²) < 4.78 is 14.1. The first kappa shape index (κ1) is 15.3. The summed E-state index contributed by atoms with van der Waals surface area (Å²) in [6.07, 6.45) is 1.71. The van der Waals surface area contributed by atoms with Gasteiger partial charge in [-0.2, -0.15) is 0 Å². The highest BCUT2D eigenvalue weighted by Gasteiger charge is 2.18. The fourth-order valence-corrected chi connectivity index (χ4v) is 1.61. The van der Waals surface area contributed by atoms with E-state index < -0.39 is 11.8 Å². The van der Waals surface area contributed by atoms with E-state index in [1.165, 1.54) is 11.2 Å². The van der Waals surface area contributed by atoms with Crippen molar-refractivity contribution in [3.05, 3.63) is 17.8 Å². The number of carboxylic acid groups (broad SMARTS) is 1. The van der Waals surface area contributed by atoms with Crippen LogP contribution >= 0.6 is 0 Å². The van der Waals surface area contributed by atoms with Gasteiger partial charge in [0.15, 0.2) is 11.6 Å². The molecule has 0 bridgehead atoms. The fourth-order valence-electron chi connectivity index (χ4n) is 1.61. The first-order valence-electron chi connectivity index (χ1n) is 6.06. The van der Waals surface area contributed by atoms with Gasteiger partial charge in [0.25, 0.3) is 0 Å². The highest BCUT2D eigenvalue weighted by atomic mass is 19.1. The summed E-state index contributed by atoms with van der Waals surface area (Å²) in [6.45, 7) is 2.50. The Hall–Kier alpha value is -1.76. The molecule has 1 aromatic heterocycles. The average molecular weight is 270 g/mol. The Kier molecular flexibility index (Phi) is 5.62. The number of carbonyl (C=O) groups is 1. The maximum atomic E-state index is 14.1. The maximum Gasteiger partial charge on any atom is 0.323 e. The van der Waals surface area contributed by atoms with Gasteiger partial charge in [-0.15, -0.1) is 0 Å². The molecule has 0 unspecified atom stereocenters. The molecule has 106 valence electrons. The molecular formula is C12H19FN4O2. The molecule has 0 saturated carbocycles. The zero-order valence-corrected chi connectivity index (χ0v) is 11.4. The summed E-state index contributed by atoms with van der Waals surface area (Å²) in [5.74, 6) is -1.50. The van der Waals surface area contributed by atoms with Crippen molar-refractivity contribution in [1.29, 1.82) is 0 Å². The van der Waals surface area contributed by atoms with Crippen LogP contribution in [0.5, 0.6) is 0 Å². The Balaban J connectivity index is 2.99. The van der Waals surface area contributed by atoms with E-state index in [-0.39, 0.29) is 12.4 Å². The molecule has 1 rings (SSSR count). The zero-order chi connectivity index (χ0) is 14.4. The lowest BCUT2D eigenvalue weighted by Gasteiger charge is -2.24. The number of likely N-dealkylation sites (N-methyl/N-ethyl adjacent to an activating group) is 1. The van der Waals surface area contributed by atoms with E-state index in [4.69, 9.17) is 5.11 Å². The van der Waals surface area contributed by atoms with Crippen molar-refractivity contribution in [3.63, 3.8) is 0 Å². The van der Waals surface area contributed by atoms with E-state index in [2.05, 4.69) is 9.97 Å². The summed E-state index contributed by atoms with van der Waals surface area (Å²) in [7, 11) is 3.74. The van der Waals surface area contributed by atoms with Crippen LogP contribution in [0.2, 0.25) is 0 Å². The van der Waals surface area contributed by atoms with E-state index in [9.17, 15) is 9.18 Å². The van der Waals surface area contributed by atoms with E-state index >= 15 is 0 Å². The topological polar surface area (TPSA) is 69.6 Å². The summed E-state index contributed by atoms with van der Waals surface area (Å²) in [5.41, 5.74) is 0.297. The molecule has 0 atom stereocenters. The minimum atomic E-state index is -1.02. The van der Waals surface area contributed by atoms with E-state index in [1.807, 2.05) is 19.0 Å². The smallest absolute Gasteiger partial charge is 0.323 e. The van der Waals surface area contributed by atoms with Crippen molar-refractivity contribution in [1.82, 2.24) is 14.9 Å². The van der Waals surface area contributed by atoms with Crippen LogP contribution in [0.25, 0.3) is 0 Å². The van der Waals surface area contributed by atoms with Gasteiger partial charge in [0.2, 0.25) is 0 Å². The molecule has 6 nitrogen and oxygen atoms in total. The maximum absolute atomic E-state index is 14.1. The van der Waals surface area contributed by atoms with Crippen LogP contribution in [-0.4, -0.2) is 59.7 Å². The summed E-state index contributed by atoms with van der Waals surface area (Å²) in [6, 6.07) is 0. The van der Waals surface area contributed by atoms with Crippen LogP contribution in [0, 0.1) is 5.82 Å². The van der Waals surface area contributed by atoms with Gasteiger partial charge in [-0.1, -0.05) is 6.92 Å². The molecule has 0 aliphatic carbocycles. The number of halogens is 1. The number of hydrogen-bond acceptors (Lipinski definition) is 5. The predicted molar refractivity (Wildman–Crippen MR) is 69.8 cm³/mol. The molecule has 0 aromatic carbocycles. The lowest BCUT2D eigenvalue weighted by atomic mass is 10.3. The van der Waals surface area contributed by atoms with Crippen LogP contribution in [0.4, 0.5) is 10.2 Å². The van der Waals surface area contributed by atoms with Crippen LogP contribution in [0.1, 0.15) is 12.6 Å². The number of hydrogen-bond donors (Lipinski definition) is 1. The highest BCUT2D eigenvalue weighted by molar-refractivity contribution is 5.73. The molecule has 0 amide bonds. The zero-order valence-electron chi connectivity index (χ0n) is 11.4. The standard InChI is InChI=1S/C12H19FN4O2/c1-4-9-11(13)12(15-8-14-9)17(7-10(18)19)6-5-16(2)3/h8H,4-7H2,1-3H3,(H,18,19). The Morgan fingerprint density at radius 3 is 2.58 bits per heavy atom. The van der Waals surface area contributed by atoms with Gasteiger partial charge in [0.1, 0.15) is 12.9 Å². The van der Waals surface area contributed by atoms with E-state index in [1.54, 1.807) is 6.92 Å². The second-order valence-electron chi connectivity index (χ2n) is 4.43. The van der Waals surface area contributed by atoms with Crippen molar-refractivity contribution in [2.45, 2.75) is 13.3 Å². The number of anilines is 1. The molecule has 0 radical (unpaired) electrons. The Morgan fingerprint density at radius 1 is 1.37 bits per heavy atom. The van der Waals surface area contributed by atoms with Gasteiger partial charge >= 0.3 is 5.97 Å². The Labute approximate surface area is 111 Å². The SMILES string of the molecule is CCc1ncnc(N(CCN(C)C)CC(=O)O)c1F. The van der Waals surface area contributed by atoms with Crippen molar-refractivity contribution < 1.29 is 14.3 Å². The Morgan fingerprint density at radius 2 is 2.05 bits per heavy atom. The molecular weight excluding hydrogens is 251 g/mol. The molecule has 19 heavy (non-hydrogen) atoms. The number of aliphatic carboxylic acids is 1. The van der Waals surface area contributed by atoms with Crippen molar-refractivity contribution >= 4 is 11.8 Å². The molecule has 0 saturated heterocycles. The molecule has 0 spiro atoms. The first-order valence-corrected chi connectivity index (χ1v) is 6.06. The third-order valence-electron chi connectivity index (χ3n) is 2.62. The summed E-state index contributed by atoms with van der Waals surface area (Å²) >= 11 is 0. The van der Waals surface area contributed by atoms with Crippen molar-refractivity contribution in [2.24, 2.45) is 0 Å². The number of rotatable bonds is 7. The number of aromatic nitrogens is 2. The van der Waals surface area contributed by atoms with E-state index in [0.29, 0.717) is 25.2 Å². The molecule has 1 N–H and O–H groups in total. The fraction of sp³-hybridized carbons (Fsp3) is 0.583. The lowest BCUT2D eigenvalue weighted by molar-refractivity contribution is -0.135. The van der Waals surface area contributed by atoms with Gasteiger partial charge in [-0.05, 0) is 20.5 Å². The van der Waals surface area contributed by atoms with E-state index in [0.717, 1.165) is 0 Å². The molecule has 0 fully saturated rings. The minimum absolute atomic E-state index is 0.0519. The second kappa shape index (κ2) is 6.98. The summed E-state index contributed by atoms with van der Waals surface area (Å²) in [4.78, 5) is 21.9. The normalized spacial score (nSPS) is 10.8. The van der Waals surface area contributed by atoms with Crippen LogP contribution in [0.3, 0.4) is 0 Å². The number of carboxylic acids is 1. The molecule has 1 aromatic rings. The minimum Gasteiger partial charge on any atom is -0.480 e. The third kappa shape index (κ3) is 4.44. The lowest BCUT2D eigenvalue weighted by Crippen LogP contribution is -2.37. The first-order chi connectivity index (χ1) is 8.95. The van der Waals surface area contributed by atoms with Gasteiger partial charge in [-0.3, -0.25) is 4.79 Å². The molecule has 0 aliphatic rings. The van der Waals surface area contributed by atoms with Crippen molar-refractivity contribution in [3.8, 4) is 0 Å². The average Bonchev–Trinajstić information content (AvgIpc) is 2.34. The van der Waals surface area contributed by atoms with Crippen LogP contribution < -0.4 is 4.90 Å². The number of nitrogens with zero attached hydrogens (tertiary/aromatic N) is 4. The third-order valence-corrected chi connectivity index (χ3v) is 2.62. The Bertz CT molecular complexity index is 440. The molecule has 1 heterocycles. The molecule has 7 heteroatoms. The predicted octanol–water partition coefficient (Wildman–Crippen LogP) is 0.631. The van der Waals surface area contributed by atoms with Gasteiger partial charge in [-0.25, -0.2) is 14.4 Å².